The molecule has 0 radical (unpaired) electrons. The van der Waals surface area contributed by atoms with Crippen molar-refractivity contribution in [2.24, 2.45) is 0 Å². The molecule has 1 aromatic heterocycles. The second kappa shape index (κ2) is 6.64. The molecule has 7 heteroatoms. The van der Waals surface area contributed by atoms with Gasteiger partial charge in [-0.25, -0.2) is 13.4 Å². The highest BCUT2D eigenvalue weighted by Crippen LogP contribution is 2.23. The SMILES string of the molecule is CCc1ccc(S(=O)(=O)N2CCC(Oc3cnccn3)C2)cc1. The fourth-order valence-electron chi connectivity index (χ4n) is 2.58. The number of hydrogen-bond donors (Lipinski definition) is 0. The second-order valence-corrected chi connectivity index (χ2v) is 7.37. The monoisotopic (exact) mass is 333 g/mol. The van der Waals surface area contributed by atoms with Crippen LogP contribution in [0.4, 0.5) is 0 Å². The topological polar surface area (TPSA) is 72.4 Å². The summed E-state index contributed by atoms with van der Waals surface area (Å²) in [4.78, 5) is 8.32. The van der Waals surface area contributed by atoms with Crippen LogP contribution in [0.1, 0.15) is 18.9 Å². The summed E-state index contributed by atoms with van der Waals surface area (Å²) in [6, 6.07) is 7.06. The molecule has 0 aliphatic carbocycles. The van der Waals surface area contributed by atoms with Crippen LogP contribution in [0.2, 0.25) is 0 Å². The van der Waals surface area contributed by atoms with E-state index in [1.807, 2.05) is 19.1 Å². The Kier molecular flexibility index (Phi) is 4.58. The molecular formula is C16H19N3O3S. The van der Waals surface area contributed by atoms with Gasteiger partial charge in [-0.3, -0.25) is 4.98 Å². The highest BCUT2D eigenvalue weighted by atomic mass is 32.2. The fourth-order valence-corrected chi connectivity index (χ4v) is 4.06. The van der Waals surface area contributed by atoms with Gasteiger partial charge in [-0.1, -0.05) is 19.1 Å². The lowest BCUT2D eigenvalue weighted by molar-refractivity contribution is 0.206. The Morgan fingerprint density at radius 3 is 2.70 bits per heavy atom. The van der Waals surface area contributed by atoms with Gasteiger partial charge in [0.2, 0.25) is 15.9 Å². The van der Waals surface area contributed by atoms with E-state index in [1.165, 1.54) is 10.5 Å². The lowest BCUT2D eigenvalue weighted by atomic mass is 10.2. The van der Waals surface area contributed by atoms with Crippen molar-refractivity contribution in [3.05, 3.63) is 48.4 Å². The standard InChI is InChI=1S/C16H19N3O3S/c1-2-13-3-5-15(6-4-13)23(20,21)19-10-7-14(12-19)22-16-11-17-8-9-18-16/h3-6,8-9,11,14H,2,7,10,12H2,1H3. The van der Waals surface area contributed by atoms with Gasteiger partial charge in [-0.2, -0.15) is 4.31 Å². The van der Waals surface area contributed by atoms with Crippen LogP contribution in [0, 0.1) is 0 Å². The molecule has 0 saturated carbocycles. The molecule has 1 aliphatic rings. The van der Waals surface area contributed by atoms with Gasteiger partial charge in [-0.15, -0.1) is 0 Å². The maximum absolute atomic E-state index is 12.7. The van der Waals surface area contributed by atoms with Gasteiger partial charge in [0.15, 0.2) is 0 Å². The van der Waals surface area contributed by atoms with Gasteiger partial charge >= 0.3 is 0 Å². The zero-order valence-electron chi connectivity index (χ0n) is 12.9. The largest absolute Gasteiger partial charge is 0.472 e. The number of aromatic nitrogens is 2. The molecule has 1 aromatic carbocycles. The molecule has 3 rings (SSSR count). The van der Waals surface area contributed by atoms with E-state index in [0.29, 0.717) is 30.3 Å². The van der Waals surface area contributed by atoms with Gasteiger partial charge in [0.25, 0.3) is 0 Å². The lowest BCUT2D eigenvalue weighted by Gasteiger charge is -2.17. The molecule has 1 saturated heterocycles. The van der Waals surface area contributed by atoms with Gasteiger partial charge in [0, 0.05) is 18.9 Å². The Morgan fingerprint density at radius 1 is 1.26 bits per heavy atom. The summed E-state index contributed by atoms with van der Waals surface area (Å²) in [6.45, 7) is 2.82. The molecule has 1 fully saturated rings. The van der Waals surface area contributed by atoms with Gasteiger partial charge in [-0.05, 0) is 30.5 Å². The summed E-state index contributed by atoms with van der Waals surface area (Å²) >= 11 is 0. The van der Waals surface area contributed by atoms with Crippen LogP contribution in [-0.4, -0.2) is 41.9 Å². The van der Waals surface area contributed by atoms with Crippen molar-refractivity contribution in [3.63, 3.8) is 0 Å². The van der Waals surface area contributed by atoms with E-state index in [-0.39, 0.29) is 6.10 Å². The van der Waals surface area contributed by atoms with E-state index < -0.39 is 10.0 Å². The van der Waals surface area contributed by atoms with E-state index in [2.05, 4.69) is 9.97 Å². The molecule has 0 bridgehead atoms. The Balaban J connectivity index is 1.69. The molecule has 1 aliphatic heterocycles. The predicted molar refractivity (Wildman–Crippen MR) is 85.6 cm³/mol. The summed E-state index contributed by atoms with van der Waals surface area (Å²) in [5, 5.41) is 0. The molecule has 1 atom stereocenters. The summed E-state index contributed by atoms with van der Waals surface area (Å²) in [5.41, 5.74) is 1.12. The number of rotatable bonds is 5. The van der Waals surface area contributed by atoms with Crippen LogP contribution in [0.15, 0.2) is 47.8 Å². The van der Waals surface area contributed by atoms with Crippen LogP contribution >= 0.6 is 0 Å². The van der Waals surface area contributed by atoms with Gasteiger partial charge in [0.1, 0.15) is 6.10 Å². The van der Waals surface area contributed by atoms with Crippen molar-refractivity contribution >= 4 is 10.0 Å². The maximum atomic E-state index is 12.7. The Bertz CT molecular complexity index is 748. The van der Waals surface area contributed by atoms with E-state index in [1.54, 1.807) is 24.5 Å². The first-order chi connectivity index (χ1) is 11.1. The number of ether oxygens (including phenoxy) is 1. The van der Waals surface area contributed by atoms with Crippen molar-refractivity contribution in [2.45, 2.75) is 30.8 Å². The average molecular weight is 333 g/mol. The zero-order valence-corrected chi connectivity index (χ0v) is 13.7. The number of benzene rings is 1. The molecule has 0 amide bonds. The van der Waals surface area contributed by atoms with E-state index in [4.69, 9.17) is 4.74 Å². The Hall–Kier alpha value is -1.99. The minimum atomic E-state index is -3.47. The zero-order chi connectivity index (χ0) is 16.3. The van der Waals surface area contributed by atoms with E-state index in [9.17, 15) is 8.42 Å². The van der Waals surface area contributed by atoms with Crippen LogP contribution in [0.25, 0.3) is 0 Å². The average Bonchev–Trinajstić information content (AvgIpc) is 3.05. The quantitative estimate of drug-likeness (QED) is 0.835. The maximum Gasteiger partial charge on any atom is 0.243 e. The van der Waals surface area contributed by atoms with Crippen molar-refractivity contribution in [1.29, 1.82) is 0 Å². The minimum absolute atomic E-state index is 0.198. The first-order valence-electron chi connectivity index (χ1n) is 7.61. The molecule has 2 heterocycles. The molecule has 0 N–H and O–H groups in total. The number of nitrogens with zero attached hydrogens (tertiary/aromatic N) is 3. The molecule has 1 unspecified atom stereocenters. The first-order valence-corrected chi connectivity index (χ1v) is 9.05. The first kappa shape index (κ1) is 15.9. The van der Waals surface area contributed by atoms with Crippen LogP contribution in [-0.2, 0) is 16.4 Å². The molecule has 2 aromatic rings. The normalized spacial score (nSPS) is 18.9. The number of sulfonamides is 1. The van der Waals surface area contributed by atoms with E-state index >= 15 is 0 Å². The molecule has 6 nitrogen and oxygen atoms in total. The van der Waals surface area contributed by atoms with Crippen molar-refractivity contribution in [2.75, 3.05) is 13.1 Å². The molecular weight excluding hydrogens is 314 g/mol. The molecule has 23 heavy (non-hydrogen) atoms. The van der Waals surface area contributed by atoms with Crippen molar-refractivity contribution in [3.8, 4) is 5.88 Å². The highest BCUT2D eigenvalue weighted by molar-refractivity contribution is 7.89. The smallest absolute Gasteiger partial charge is 0.243 e. The summed E-state index contributed by atoms with van der Waals surface area (Å²) < 4.78 is 32.5. The third-order valence-electron chi connectivity index (χ3n) is 3.90. The lowest BCUT2D eigenvalue weighted by Crippen LogP contribution is -2.31. The molecule has 122 valence electrons. The summed E-state index contributed by atoms with van der Waals surface area (Å²) in [6.07, 6.45) is 5.98. The fraction of sp³-hybridized carbons (Fsp3) is 0.375. The van der Waals surface area contributed by atoms with Crippen LogP contribution in [0.5, 0.6) is 5.88 Å². The third kappa shape index (κ3) is 3.51. The molecule has 0 spiro atoms. The highest BCUT2D eigenvalue weighted by Gasteiger charge is 2.33. The number of hydrogen-bond acceptors (Lipinski definition) is 5. The van der Waals surface area contributed by atoms with E-state index in [0.717, 1.165) is 12.0 Å². The third-order valence-corrected chi connectivity index (χ3v) is 5.78. The minimum Gasteiger partial charge on any atom is -0.472 e. The second-order valence-electron chi connectivity index (χ2n) is 5.43. The van der Waals surface area contributed by atoms with Gasteiger partial charge in [0.05, 0.1) is 17.6 Å². The van der Waals surface area contributed by atoms with Crippen molar-refractivity contribution < 1.29 is 13.2 Å². The summed E-state index contributed by atoms with van der Waals surface area (Å²) in [5.74, 6) is 0.420. The Morgan fingerprint density at radius 2 is 2.04 bits per heavy atom. The van der Waals surface area contributed by atoms with Gasteiger partial charge < -0.3 is 4.74 Å². The predicted octanol–water partition coefficient (Wildman–Crippen LogP) is 1.88. The van der Waals surface area contributed by atoms with Crippen LogP contribution < -0.4 is 4.74 Å². The summed E-state index contributed by atoms with van der Waals surface area (Å²) in [7, 11) is -3.47. The van der Waals surface area contributed by atoms with Crippen LogP contribution in [0.3, 0.4) is 0 Å². The number of aryl methyl sites for hydroxylation is 1. The van der Waals surface area contributed by atoms with Crippen molar-refractivity contribution in [1.82, 2.24) is 14.3 Å². The Labute approximate surface area is 136 Å².